The number of carboxylic acids is 1. The van der Waals surface area contributed by atoms with Gasteiger partial charge in [0.25, 0.3) is 0 Å². The summed E-state index contributed by atoms with van der Waals surface area (Å²) in [6.07, 6.45) is 4.55. The number of carboxylic acid groups (broad SMARTS) is 1. The molecular formula is C14H19FN2O2. The predicted molar refractivity (Wildman–Crippen MR) is 72.8 cm³/mol. The van der Waals surface area contributed by atoms with Crippen molar-refractivity contribution in [1.82, 2.24) is 0 Å². The van der Waals surface area contributed by atoms with Crippen LogP contribution in [0.1, 0.15) is 43.0 Å². The molecule has 1 aromatic rings. The van der Waals surface area contributed by atoms with E-state index in [1.165, 1.54) is 18.6 Å². The summed E-state index contributed by atoms with van der Waals surface area (Å²) in [5.41, 5.74) is 6.17. The molecule has 5 heteroatoms. The van der Waals surface area contributed by atoms with Crippen LogP contribution >= 0.6 is 0 Å². The van der Waals surface area contributed by atoms with Crippen LogP contribution in [-0.4, -0.2) is 17.1 Å². The summed E-state index contributed by atoms with van der Waals surface area (Å²) >= 11 is 0. The van der Waals surface area contributed by atoms with Crippen molar-refractivity contribution in [3.63, 3.8) is 0 Å². The quantitative estimate of drug-likeness (QED) is 0.735. The Morgan fingerprint density at radius 1 is 1.42 bits per heavy atom. The first kappa shape index (κ1) is 13.6. The van der Waals surface area contributed by atoms with Crippen molar-refractivity contribution in [2.45, 2.75) is 38.6 Å². The Morgan fingerprint density at radius 3 is 2.74 bits per heavy atom. The van der Waals surface area contributed by atoms with E-state index in [0.717, 1.165) is 19.3 Å². The van der Waals surface area contributed by atoms with Gasteiger partial charge in [-0.25, -0.2) is 9.18 Å². The minimum atomic E-state index is -1.30. The lowest BCUT2D eigenvalue weighted by molar-refractivity contribution is 0.0692. The fourth-order valence-electron chi connectivity index (χ4n) is 2.61. The number of nitrogen functional groups attached to an aromatic ring is 1. The van der Waals surface area contributed by atoms with Crippen LogP contribution < -0.4 is 11.1 Å². The van der Waals surface area contributed by atoms with Crippen molar-refractivity contribution in [1.29, 1.82) is 0 Å². The summed E-state index contributed by atoms with van der Waals surface area (Å²) in [4.78, 5) is 10.8. The molecule has 0 spiro atoms. The third kappa shape index (κ3) is 2.97. The molecular weight excluding hydrogens is 247 g/mol. The molecule has 2 rings (SSSR count). The van der Waals surface area contributed by atoms with Crippen LogP contribution in [0.4, 0.5) is 15.8 Å². The summed E-state index contributed by atoms with van der Waals surface area (Å²) in [5, 5.41) is 12.1. The van der Waals surface area contributed by atoms with Gasteiger partial charge in [0.05, 0.1) is 16.9 Å². The summed E-state index contributed by atoms with van der Waals surface area (Å²) in [7, 11) is 0. The fourth-order valence-corrected chi connectivity index (χ4v) is 2.61. The summed E-state index contributed by atoms with van der Waals surface area (Å²) in [5.74, 6) is -1.55. The van der Waals surface area contributed by atoms with Gasteiger partial charge < -0.3 is 16.2 Å². The predicted octanol–water partition coefficient (Wildman–Crippen LogP) is 3.10. The highest BCUT2D eigenvalue weighted by atomic mass is 19.1. The van der Waals surface area contributed by atoms with E-state index in [-0.39, 0.29) is 17.3 Å². The normalized spacial score (nSPS) is 23.1. The zero-order valence-corrected chi connectivity index (χ0v) is 10.9. The van der Waals surface area contributed by atoms with E-state index in [9.17, 15) is 9.18 Å². The Bertz CT molecular complexity index is 491. The van der Waals surface area contributed by atoms with E-state index in [2.05, 4.69) is 12.2 Å². The number of carbonyl (C=O) groups is 1. The second-order valence-electron chi connectivity index (χ2n) is 5.24. The van der Waals surface area contributed by atoms with Gasteiger partial charge in [-0.1, -0.05) is 19.8 Å². The molecule has 0 saturated heterocycles. The number of hydrogen-bond acceptors (Lipinski definition) is 3. The SMILES string of the molecule is CC1CCCCC1Nc1cc(F)c(C(=O)O)cc1N. The van der Waals surface area contributed by atoms with E-state index in [4.69, 9.17) is 10.8 Å². The molecule has 0 aromatic heterocycles. The molecule has 1 fully saturated rings. The summed E-state index contributed by atoms with van der Waals surface area (Å²) in [6.45, 7) is 2.16. The number of benzene rings is 1. The van der Waals surface area contributed by atoms with Gasteiger partial charge in [0.15, 0.2) is 0 Å². The number of rotatable bonds is 3. The first-order valence-corrected chi connectivity index (χ1v) is 6.58. The Kier molecular flexibility index (Phi) is 3.93. The van der Waals surface area contributed by atoms with Crippen LogP contribution in [0.15, 0.2) is 12.1 Å². The Hall–Kier alpha value is -1.78. The maximum Gasteiger partial charge on any atom is 0.338 e. The lowest BCUT2D eigenvalue weighted by atomic mass is 9.86. The van der Waals surface area contributed by atoms with Crippen LogP contribution in [0, 0.1) is 11.7 Å². The molecule has 0 amide bonds. The molecule has 2 atom stereocenters. The highest BCUT2D eigenvalue weighted by molar-refractivity contribution is 5.90. The van der Waals surface area contributed by atoms with Crippen molar-refractivity contribution < 1.29 is 14.3 Å². The number of hydrogen-bond donors (Lipinski definition) is 3. The van der Waals surface area contributed by atoms with Crippen LogP contribution in [0.3, 0.4) is 0 Å². The minimum absolute atomic E-state index is 0.270. The highest BCUT2D eigenvalue weighted by Crippen LogP contribution is 2.30. The Morgan fingerprint density at radius 2 is 2.11 bits per heavy atom. The number of nitrogens with two attached hydrogens (primary N) is 1. The standard InChI is InChI=1S/C14H19FN2O2/c1-8-4-2-3-5-12(8)17-13-7-10(15)9(14(18)19)6-11(13)16/h6-8,12,17H,2-5,16H2,1H3,(H,18,19). The van der Waals surface area contributed by atoms with Gasteiger partial charge >= 0.3 is 5.97 Å². The van der Waals surface area contributed by atoms with Crippen molar-refractivity contribution >= 4 is 17.3 Å². The zero-order valence-electron chi connectivity index (χ0n) is 10.9. The van der Waals surface area contributed by atoms with Gasteiger partial charge in [-0.2, -0.15) is 0 Å². The van der Waals surface area contributed by atoms with Crippen molar-refractivity contribution in [2.24, 2.45) is 5.92 Å². The minimum Gasteiger partial charge on any atom is -0.478 e. The fraction of sp³-hybridized carbons (Fsp3) is 0.500. The molecule has 0 bridgehead atoms. The third-order valence-electron chi connectivity index (χ3n) is 3.82. The van der Waals surface area contributed by atoms with Crippen LogP contribution in [0.2, 0.25) is 0 Å². The first-order valence-electron chi connectivity index (χ1n) is 6.58. The summed E-state index contributed by atoms with van der Waals surface area (Å²) in [6, 6.07) is 2.62. The van der Waals surface area contributed by atoms with E-state index in [1.807, 2.05) is 0 Å². The van der Waals surface area contributed by atoms with Crippen molar-refractivity contribution in [3.8, 4) is 0 Å². The first-order chi connectivity index (χ1) is 8.99. The Labute approximate surface area is 111 Å². The Balaban J connectivity index is 2.21. The number of aromatic carboxylic acids is 1. The molecule has 2 unspecified atom stereocenters. The second-order valence-corrected chi connectivity index (χ2v) is 5.24. The maximum absolute atomic E-state index is 13.7. The molecule has 1 saturated carbocycles. The number of nitrogens with one attached hydrogen (secondary N) is 1. The molecule has 0 heterocycles. The van der Waals surface area contributed by atoms with E-state index >= 15 is 0 Å². The van der Waals surface area contributed by atoms with Crippen LogP contribution in [-0.2, 0) is 0 Å². The molecule has 0 aliphatic heterocycles. The molecule has 104 valence electrons. The number of anilines is 2. The largest absolute Gasteiger partial charge is 0.478 e. The van der Waals surface area contributed by atoms with Gasteiger partial charge in [-0.15, -0.1) is 0 Å². The van der Waals surface area contributed by atoms with E-state index in [0.29, 0.717) is 11.6 Å². The lowest BCUT2D eigenvalue weighted by Crippen LogP contribution is -2.30. The highest BCUT2D eigenvalue weighted by Gasteiger charge is 2.22. The van der Waals surface area contributed by atoms with Crippen molar-refractivity contribution in [2.75, 3.05) is 11.1 Å². The lowest BCUT2D eigenvalue weighted by Gasteiger charge is -2.30. The average molecular weight is 266 g/mol. The van der Waals surface area contributed by atoms with E-state index in [1.54, 1.807) is 0 Å². The maximum atomic E-state index is 13.7. The smallest absolute Gasteiger partial charge is 0.338 e. The van der Waals surface area contributed by atoms with Gasteiger partial charge in [0.2, 0.25) is 0 Å². The molecule has 1 aromatic carbocycles. The van der Waals surface area contributed by atoms with Gasteiger partial charge in [0.1, 0.15) is 5.82 Å². The summed E-state index contributed by atoms with van der Waals surface area (Å²) < 4.78 is 13.7. The monoisotopic (exact) mass is 266 g/mol. The molecule has 4 N–H and O–H groups in total. The van der Waals surface area contributed by atoms with Gasteiger partial charge in [-0.3, -0.25) is 0 Å². The number of halogens is 1. The van der Waals surface area contributed by atoms with Crippen molar-refractivity contribution in [3.05, 3.63) is 23.5 Å². The second kappa shape index (κ2) is 5.47. The molecule has 1 aliphatic rings. The zero-order chi connectivity index (χ0) is 14.0. The average Bonchev–Trinajstić information content (AvgIpc) is 2.35. The third-order valence-corrected chi connectivity index (χ3v) is 3.82. The van der Waals surface area contributed by atoms with E-state index < -0.39 is 11.8 Å². The van der Waals surface area contributed by atoms with Gasteiger partial charge in [0, 0.05) is 6.04 Å². The molecule has 0 radical (unpaired) electrons. The van der Waals surface area contributed by atoms with Gasteiger partial charge in [-0.05, 0) is 30.9 Å². The molecule has 1 aliphatic carbocycles. The molecule has 19 heavy (non-hydrogen) atoms. The molecule has 4 nitrogen and oxygen atoms in total. The van der Waals surface area contributed by atoms with Crippen LogP contribution in [0.5, 0.6) is 0 Å². The topological polar surface area (TPSA) is 75.3 Å². The van der Waals surface area contributed by atoms with Crippen LogP contribution in [0.25, 0.3) is 0 Å².